The van der Waals surface area contributed by atoms with Gasteiger partial charge in [0.15, 0.2) is 11.3 Å². The molecular weight excluding hydrogens is 444 g/mol. The van der Waals surface area contributed by atoms with Gasteiger partial charge in [-0.15, -0.1) is 0 Å². The van der Waals surface area contributed by atoms with Gasteiger partial charge in [0.05, 0.1) is 23.1 Å². The Balaban J connectivity index is 1.32. The maximum absolute atomic E-state index is 13.4. The first-order valence-electron chi connectivity index (χ1n) is 11.3. The van der Waals surface area contributed by atoms with Crippen molar-refractivity contribution in [2.75, 3.05) is 11.9 Å². The van der Waals surface area contributed by atoms with E-state index >= 15 is 0 Å². The van der Waals surface area contributed by atoms with Crippen LogP contribution in [0, 0.1) is 23.2 Å². The Bertz CT molecular complexity index is 1490. The molecule has 10 nitrogen and oxygen atoms in total. The first kappa shape index (κ1) is 19.5. The standard InChI is InChI=1S/C22H23ClN8O2/c1-29-16-7-24-20(27-15-8-30-17(3-14(15)23)25-10-26-30)28-19(16)31(21(29)33)18-12-2-11-4-22(5-12,9-32)6-13(11)18/h3,7-8,10-13,18,32H,2,4-6,9H2,1H3,(H,24,27,28). The smallest absolute Gasteiger partial charge is 0.330 e. The normalized spacial score (nSPS) is 30.2. The number of rotatable bonds is 4. The molecule has 170 valence electrons. The predicted molar refractivity (Wildman–Crippen MR) is 122 cm³/mol. The minimum absolute atomic E-state index is 0.0569. The Morgan fingerprint density at radius 2 is 2.12 bits per heavy atom. The monoisotopic (exact) mass is 466 g/mol. The summed E-state index contributed by atoms with van der Waals surface area (Å²) in [5.74, 6) is 1.75. The van der Waals surface area contributed by atoms with Gasteiger partial charge in [0.2, 0.25) is 5.95 Å². The van der Waals surface area contributed by atoms with Crippen molar-refractivity contribution in [2.45, 2.75) is 31.7 Å². The van der Waals surface area contributed by atoms with Crippen LogP contribution in [-0.4, -0.2) is 45.4 Å². The van der Waals surface area contributed by atoms with Crippen molar-refractivity contribution in [3.63, 3.8) is 0 Å². The number of aliphatic hydroxyl groups excluding tert-OH is 1. The molecule has 0 amide bonds. The second-order valence-corrected chi connectivity index (χ2v) is 10.4. The highest BCUT2D eigenvalue weighted by atomic mass is 35.5. The molecule has 0 spiro atoms. The number of imidazole rings is 1. The number of hydrogen-bond donors (Lipinski definition) is 2. The minimum atomic E-state index is -0.0578. The number of aryl methyl sites for hydroxylation is 1. The number of fused-ring (bicyclic) bond motifs is 2. The van der Waals surface area contributed by atoms with E-state index in [1.807, 2.05) is 4.57 Å². The molecule has 0 radical (unpaired) electrons. The zero-order chi connectivity index (χ0) is 22.5. The fraction of sp³-hybridized carbons (Fsp3) is 0.500. The molecule has 4 saturated carbocycles. The highest BCUT2D eigenvalue weighted by Gasteiger charge is 2.61. The first-order chi connectivity index (χ1) is 16.0. The molecule has 8 rings (SSSR count). The van der Waals surface area contributed by atoms with E-state index in [2.05, 4.69) is 20.4 Å². The molecule has 0 aromatic carbocycles. The average Bonchev–Trinajstić information content (AvgIpc) is 3.49. The maximum atomic E-state index is 13.4. The van der Waals surface area contributed by atoms with Crippen LogP contribution in [-0.2, 0) is 7.05 Å². The van der Waals surface area contributed by atoms with Gasteiger partial charge in [0.1, 0.15) is 11.8 Å². The van der Waals surface area contributed by atoms with Crippen LogP contribution < -0.4 is 11.0 Å². The second kappa shape index (κ2) is 6.54. The van der Waals surface area contributed by atoms with Gasteiger partial charge in [-0.1, -0.05) is 11.6 Å². The van der Waals surface area contributed by atoms with Crippen molar-refractivity contribution < 1.29 is 5.11 Å². The van der Waals surface area contributed by atoms with Crippen LogP contribution in [0.1, 0.15) is 31.7 Å². The lowest BCUT2D eigenvalue weighted by Crippen LogP contribution is -2.39. The quantitative estimate of drug-likeness (QED) is 0.474. The molecule has 4 aromatic rings. The zero-order valence-corrected chi connectivity index (χ0v) is 18.8. The number of nitrogens with zero attached hydrogens (tertiary/aromatic N) is 7. The van der Waals surface area contributed by atoms with Crippen LogP contribution in [0.25, 0.3) is 16.8 Å². The van der Waals surface area contributed by atoms with E-state index in [0.29, 0.717) is 51.2 Å². The molecule has 5 unspecified atom stereocenters. The van der Waals surface area contributed by atoms with Crippen molar-refractivity contribution >= 4 is 40.0 Å². The number of aromatic nitrogens is 7. The summed E-state index contributed by atoms with van der Waals surface area (Å²) < 4.78 is 5.15. The Morgan fingerprint density at radius 1 is 1.27 bits per heavy atom. The summed E-state index contributed by atoms with van der Waals surface area (Å²) in [6, 6.07) is 1.84. The summed E-state index contributed by atoms with van der Waals surface area (Å²) in [5.41, 5.74) is 2.58. The highest BCUT2D eigenvalue weighted by Crippen LogP contribution is 2.67. The summed E-state index contributed by atoms with van der Waals surface area (Å²) in [6.45, 7) is 0.251. The minimum Gasteiger partial charge on any atom is -0.396 e. The first-order valence-corrected chi connectivity index (χ1v) is 11.6. The maximum Gasteiger partial charge on any atom is 0.330 e. The summed E-state index contributed by atoms with van der Waals surface area (Å²) in [5, 5.41) is 17.8. The SMILES string of the molecule is Cn1c(=O)n(C2C3CC4CC(CO)(C3)CC42)c2nc(Nc3cn4ncnc4cc3Cl)ncc21. The molecule has 4 heterocycles. The molecular formula is C22H23ClN8O2. The number of halogens is 1. The summed E-state index contributed by atoms with van der Waals surface area (Å²) >= 11 is 6.43. The van der Waals surface area contributed by atoms with Crippen LogP contribution in [0.15, 0.2) is 29.6 Å². The third-order valence-electron chi connectivity index (χ3n) is 8.27. The predicted octanol–water partition coefficient (Wildman–Crippen LogP) is 2.54. The lowest BCUT2D eigenvalue weighted by atomic mass is 9.68. The van der Waals surface area contributed by atoms with Crippen molar-refractivity contribution in [1.29, 1.82) is 0 Å². The van der Waals surface area contributed by atoms with E-state index in [-0.39, 0.29) is 23.8 Å². The van der Waals surface area contributed by atoms with Gasteiger partial charge in [-0.25, -0.2) is 19.3 Å². The molecule has 4 aliphatic carbocycles. The summed E-state index contributed by atoms with van der Waals surface area (Å²) in [7, 11) is 1.77. The summed E-state index contributed by atoms with van der Waals surface area (Å²) in [4.78, 5) is 26.7. The van der Waals surface area contributed by atoms with Gasteiger partial charge in [-0.3, -0.25) is 9.13 Å². The van der Waals surface area contributed by atoms with Crippen LogP contribution in [0.4, 0.5) is 11.6 Å². The van der Waals surface area contributed by atoms with Gasteiger partial charge >= 0.3 is 5.69 Å². The number of pyridine rings is 1. The van der Waals surface area contributed by atoms with Crippen molar-refractivity contribution in [2.24, 2.45) is 30.2 Å². The molecule has 4 aromatic heterocycles. The van der Waals surface area contributed by atoms with Gasteiger partial charge in [-0.05, 0) is 48.9 Å². The number of hydrogen-bond acceptors (Lipinski definition) is 7. The molecule has 0 saturated heterocycles. The Labute approximate surface area is 193 Å². The molecule has 11 heteroatoms. The fourth-order valence-corrected chi connectivity index (χ4v) is 7.22. The van der Waals surface area contributed by atoms with Gasteiger partial charge in [0, 0.05) is 25.8 Å². The molecule has 33 heavy (non-hydrogen) atoms. The molecule has 4 fully saturated rings. The molecule has 0 aliphatic heterocycles. The van der Waals surface area contributed by atoms with Crippen molar-refractivity contribution in [1.82, 2.24) is 33.7 Å². The Morgan fingerprint density at radius 3 is 2.94 bits per heavy atom. The second-order valence-electron chi connectivity index (χ2n) is 10.0. The topological polar surface area (TPSA) is 115 Å². The Hall–Kier alpha value is -2.98. The van der Waals surface area contributed by atoms with Gasteiger partial charge in [0.25, 0.3) is 0 Å². The third-order valence-corrected chi connectivity index (χ3v) is 8.58. The van der Waals surface area contributed by atoms with E-state index in [1.54, 1.807) is 34.6 Å². The molecule has 5 atom stereocenters. The average molecular weight is 467 g/mol. The lowest BCUT2D eigenvalue weighted by Gasteiger charge is -2.40. The van der Waals surface area contributed by atoms with E-state index < -0.39 is 0 Å². The molecule has 4 bridgehead atoms. The molecule has 4 aliphatic rings. The van der Waals surface area contributed by atoms with E-state index in [4.69, 9.17) is 16.6 Å². The largest absolute Gasteiger partial charge is 0.396 e. The Kier molecular flexibility index (Phi) is 3.86. The van der Waals surface area contributed by atoms with E-state index in [0.717, 1.165) is 25.7 Å². The third kappa shape index (κ3) is 2.61. The summed E-state index contributed by atoms with van der Waals surface area (Å²) in [6.07, 6.45) is 9.05. The van der Waals surface area contributed by atoms with Gasteiger partial charge in [-0.2, -0.15) is 10.1 Å². The molecule has 2 N–H and O–H groups in total. The van der Waals surface area contributed by atoms with E-state index in [1.165, 1.54) is 6.33 Å². The number of anilines is 2. The van der Waals surface area contributed by atoms with E-state index in [9.17, 15) is 9.90 Å². The van der Waals surface area contributed by atoms with Crippen LogP contribution in [0.5, 0.6) is 0 Å². The van der Waals surface area contributed by atoms with Crippen LogP contribution >= 0.6 is 11.6 Å². The van der Waals surface area contributed by atoms with Crippen LogP contribution in [0.3, 0.4) is 0 Å². The van der Waals surface area contributed by atoms with Crippen molar-refractivity contribution in [3.05, 3.63) is 40.3 Å². The zero-order valence-electron chi connectivity index (χ0n) is 18.0. The number of nitrogens with one attached hydrogen (secondary N) is 1. The van der Waals surface area contributed by atoms with Crippen molar-refractivity contribution in [3.8, 4) is 0 Å². The van der Waals surface area contributed by atoms with Gasteiger partial charge < -0.3 is 10.4 Å². The lowest BCUT2D eigenvalue weighted by molar-refractivity contribution is 0.0420. The van der Waals surface area contributed by atoms with Crippen LogP contribution in [0.2, 0.25) is 5.02 Å². The highest BCUT2D eigenvalue weighted by molar-refractivity contribution is 6.33. The fourth-order valence-electron chi connectivity index (χ4n) is 7.03. The number of aliphatic hydroxyl groups is 1.